The Labute approximate surface area is 327 Å². The second-order valence-electron chi connectivity index (χ2n) is 14.0. The third-order valence-corrected chi connectivity index (χ3v) is 11.8. The molecule has 262 valence electrons. The van der Waals surface area contributed by atoms with Gasteiger partial charge in [-0.05, 0) is 58.7 Å². The predicted molar refractivity (Wildman–Crippen MR) is 234 cm³/mol. The van der Waals surface area contributed by atoms with E-state index in [4.69, 9.17) is 15.0 Å². The van der Waals surface area contributed by atoms with Gasteiger partial charge in [-0.25, -0.2) is 15.0 Å². The highest BCUT2D eigenvalue weighted by Crippen LogP contribution is 2.44. The van der Waals surface area contributed by atoms with Crippen molar-refractivity contribution in [2.24, 2.45) is 0 Å². The second-order valence-corrected chi connectivity index (χ2v) is 15.1. The molecule has 4 nitrogen and oxygen atoms in total. The smallest absolute Gasteiger partial charge is 0.164 e. The minimum absolute atomic E-state index is 0.620. The summed E-state index contributed by atoms with van der Waals surface area (Å²) in [4.78, 5) is 15.3. The Kier molecular flexibility index (Phi) is 7.64. The Hall–Kier alpha value is -7.21. The van der Waals surface area contributed by atoms with Crippen molar-refractivity contribution in [1.29, 1.82) is 0 Å². The lowest BCUT2D eigenvalue weighted by molar-refractivity contribution is 1.07. The molecule has 0 aliphatic heterocycles. The van der Waals surface area contributed by atoms with Gasteiger partial charge in [0.2, 0.25) is 0 Å². The van der Waals surface area contributed by atoms with Crippen molar-refractivity contribution >= 4 is 53.3 Å². The molecule has 5 heteroatoms. The Morgan fingerprint density at radius 2 is 0.839 bits per heavy atom. The van der Waals surface area contributed by atoms with Crippen LogP contribution >= 0.6 is 11.3 Å². The lowest BCUT2D eigenvalue weighted by Gasteiger charge is -2.15. The summed E-state index contributed by atoms with van der Waals surface area (Å²) in [6.07, 6.45) is 0. The second kappa shape index (κ2) is 13.3. The van der Waals surface area contributed by atoms with Gasteiger partial charge in [0.15, 0.2) is 17.5 Å². The van der Waals surface area contributed by atoms with Gasteiger partial charge in [0.05, 0.1) is 11.0 Å². The molecular formula is C51H32N4S. The summed E-state index contributed by atoms with van der Waals surface area (Å²) in [5.41, 5.74) is 10.7. The van der Waals surface area contributed by atoms with Gasteiger partial charge in [-0.3, -0.25) is 0 Å². The summed E-state index contributed by atoms with van der Waals surface area (Å²) in [6.45, 7) is 0. The summed E-state index contributed by atoms with van der Waals surface area (Å²) in [7, 11) is 0. The van der Waals surface area contributed by atoms with Gasteiger partial charge in [0.1, 0.15) is 0 Å². The van der Waals surface area contributed by atoms with Crippen LogP contribution in [-0.4, -0.2) is 19.5 Å². The summed E-state index contributed by atoms with van der Waals surface area (Å²) < 4.78 is 5.02. The zero-order valence-electron chi connectivity index (χ0n) is 30.2. The number of fused-ring (bicyclic) bond motifs is 7. The molecule has 3 heterocycles. The van der Waals surface area contributed by atoms with Gasteiger partial charge in [0.25, 0.3) is 0 Å². The van der Waals surface area contributed by atoms with Crippen LogP contribution in [-0.2, 0) is 0 Å². The molecule has 8 aromatic carbocycles. The zero-order chi connectivity index (χ0) is 37.0. The van der Waals surface area contributed by atoms with Crippen molar-refractivity contribution in [2.45, 2.75) is 0 Å². The number of aromatic nitrogens is 4. The van der Waals surface area contributed by atoms with Crippen LogP contribution < -0.4 is 0 Å². The molecule has 0 spiro atoms. The van der Waals surface area contributed by atoms with Gasteiger partial charge in [-0.2, -0.15) is 0 Å². The summed E-state index contributed by atoms with van der Waals surface area (Å²) in [6, 6.07) is 68.6. The molecule has 11 aromatic rings. The highest BCUT2D eigenvalue weighted by Gasteiger charge is 2.20. The molecule has 11 rings (SSSR count). The maximum atomic E-state index is 5.17. The minimum Gasteiger partial charge on any atom is -0.309 e. The molecule has 0 amide bonds. The molecule has 0 saturated carbocycles. The molecule has 0 fully saturated rings. The molecular weight excluding hydrogens is 701 g/mol. The number of para-hydroxylation sites is 1. The van der Waals surface area contributed by atoms with E-state index in [1.807, 2.05) is 47.7 Å². The summed E-state index contributed by atoms with van der Waals surface area (Å²) in [5.74, 6) is 1.89. The first-order chi connectivity index (χ1) is 27.7. The molecule has 0 aliphatic carbocycles. The molecule has 0 aliphatic rings. The predicted octanol–water partition coefficient (Wildman–Crippen LogP) is 13.7. The molecule has 56 heavy (non-hydrogen) atoms. The van der Waals surface area contributed by atoms with Crippen molar-refractivity contribution in [3.05, 3.63) is 194 Å². The topological polar surface area (TPSA) is 43.6 Å². The highest BCUT2D eigenvalue weighted by atomic mass is 32.1. The van der Waals surface area contributed by atoms with E-state index in [2.05, 4.69) is 162 Å². The maximum Gasteiger partial charge on any atom is 0.164 e. The third-order valence-electron chi connectivity index (χ3n) is 10.6. The van der Waals surface area contributed by atoms with Crippen molar-refractivity contribution in [1.82, 2.24) is 19.5 Å². The van der Waals surface area contributed by atoms with Crippen LogP contribution in [0.5, 0.6) is 0 Å². The molecule has 0 unspecified atom stereocenters. The average Bonchev–Trinajstić information content (AvgIpc) is 3.83. The number of benzene rings is 8. The van der Waals surface area contributed by atoms with Gasteiger partial charge >= 0.3 is 0 Å². The van der Waals surface area contributed by atoms with E-state index in [1.165, 1.54) is 47.6 Å². The van der Waals surface area contributed by atoms with E-state index in [1.54, 1.807) is 0 Å². The number of rotatable bonds is 6. The van der Waals surface area contributed by atoms with Gasteiger partial charge in [-0.1, -0.05) is 158 Å². The Morgan fingerprint density at radius 1 is 0.339 bits per heavy atom. The van der Waals surface area contributed by atoms with E-state index in [-0.39, 0.29) is 0 Å². The van der Waals surface area contributed by atoms with E-state index < -0.39 is 0 Å². The summed E-state index contributed by atoms with van der Waals surface area (Å²) >= 11 is 1.87. The van der Waals surface area contributed by atoms with Crippen LogP contribution in [0.3, 0.4) is 0 Å². The van der Waals surface area contributed by atoms with Crippen LogP contribution in [0.15, 0.2) is 194 Å². The normalized spacial score (nSPS) is 11.6. The summed E-state index contributed by atoms with van der Waals surface area (Å²) in [5, 5.41) is 5.10. The first-order valence-electron chi connectivity index (χ1n) is 18.8. The highest BCUT2D eigenvalue weighted by molar-refractivity contribution is 7.26. The standard InChI is InChI=1S/C51H32N4S/c1-4-14-33(15-5-1)34-24-26-35(27-25-34)38-30-39(51-53-49(36-16-6-2-7-17-36)52-50(54-51)37-18-8-3-9-19-37)32-40(31-38)55-44-22-12-10-21-43(44)47-45(55)29-28-42-41-20-11-13-23-46(41)56-48(42)47/h1-32H. The Morgan fingerprint density at radius 3 is 1.50 bits per heavy atom. The molecule has 3 aromatic heterocycles. The Balaban J connectivity index is 1.18. The van der Waals surface area contributed by atoms with Crippen molar-refractivity contribution < 1.29 is 0 Å². The first kappa shape index (κ1) is 32.2. The molecule has 0 N–H and O–H groups in total. The number of nitrogens with zero attached hydrogens (tertiary/aromatic N) is 4. The fourth-order valence-electron chi connectivity index (χ4n) is 7.97. The average molecular weight is 733 g/mol. The largest absolute Gasteiger partial charge is 0.309 e. The molecule has 0 saturated heterocycles. The van der Waals surface area contributed by atoms with Crippen molar-refractivity contribution in [2.75, 3.05) is 0 Å². The van der Waals surface area contributed by atoms with Gasteiger partial charge < -0.3 is 4.57 Å². The van der Waals surface area contributed by atoms with Crippen LogP contribution in [0.2, 0.25) is 0 Å². The minimum atomic E-state index is 0.620. The third kappa shape index (κ3) is 5.48. The van der Waals surface area contributed by atoms with Crippen molar-refractivity contribution in [3.8, 4) is 62.1 Å². The quantitative estimate of drug-likeness (QED) is 0.171. The first-order valence-corrected chi connectivity index (χ1v) is 19.6. The van der Waals surface area contributed by atoms with Crippen LogP contribution in [0, 0.1) is 0 Å². The monoisotopic (exact) mass is 732 g/mol. The van der Waals surface area contributed by atoms with E-state index in [9.17, 15) is 0 Å². The number of thiophene rings is 1. The van der Waals surface area contributed by atoms with Crippen LogP contribution in [0.1, 0.15) is 0 Å². The zero-order valence-corrected chi connectivity index (χ0v) is 31.0. The fraction of sp³-hybridized carbons (Fsp3) is 0. The molecule has 0 atom stereocenters. The van der Waals surface area contributed by atoms with Gasteiger partial charge in [-0.15, -0.1) is 11.3 Å². The van der Waals surface area contributed by atoms with Crippen LogP contribution in [0.25, 0.3) is 104 Å². The number of hydrogen-bond acceptors (Lipinski definition) is 4. The van der Waals surface area contributed by atoms with Gasteiger partial charge in [0, 0.05) is 53.3 Å². The maximum absolute atomic E-state index is 5.17. The lowest BCUT2D eigenvalue weighted by atomic mass is 9.98. The van der Waals surface area contributed by atoms with Crippen LogP contribution in [0.4, 0.5) is 0 Å². The fourth-order valence-corrected chi connectivity index (χ4v) is 9.23. The SMILES string of the molecule is c1ccc(-c2ccc(-c3cc(-c4nc(-c5ccccc5)nc(-c5ccccc5)n4)cc(-n4c5ccccc5c5c6sc7ccccc7c6ccc54)c3)cc2)cc1. The lowest BCUT2D eigenvalue weighted by Crippen LogP contribution is -2.01. The van der Waals surface area contributed by atoms with E-state index in [0.29, 0.717) is 17.5 Å². The van der Waals surface area contributed by atoms with E-state index in [0.717, 1.165) is 39.0 Å². The molecule has 0 bridgehead atoms. The van der Waals surface area contributed by atoms with E-state index >= 15 is 0 Å². The van der Waals surface area contributed by atoms with Crippen molar-refractivity contribution in [3.63, 3.8) is 0 Å². The Bertz CT molecular complexity index is 3160. The molecule has 0 radical (unpaired) electrons. The number of hydrogen-bond donors (Lipinski definition) is 0.